The molecular weight excluding hydrogens is 280 g/mol. The summed E-state index contributed by atoms with van der Waals surface area (Å²) in [7, 11) is 0. The minimum Gasteiger partial charge on any atom is -0.462 e. The Morgan fingerprint density at radius 3 is 2.10 bits per heavy atom. The molecule has 20 heavy (non-hydrogen) atoms. The third-order valence-electron chi connectivity index (χ3n) is 2.49. The second kappa shape index (κ2) is 6.21. The lowest BCUT2D eigenvalue weighted by atomic mass is 9.95. The molecule has 7 heteroatoms. The molecule has 0 aliphatic heterocycles. The summed E-state index contributed by atoms with van der Waals surface area (Å²) in [4.78, 5) is 11.5. The third-order valence-corrected chi connectivity index (χ3v) is 2.49. The highest BCUT2D eigenvalue weighted by molar-refractivity contribution is 5.74. The first-order valence-corrected chi connectivity index (χ1v) is 5.83. The van der Waals surface area contributed by atoms with Crippen molar-refractivity contribution >= 4 is 5.97 Å². The molecule has 1 rings (SSSR count). The Labute approximate surface area is 113 Å². The van der Waals surface area contributed by atoms with Gasteiger partial charge in [0.1, 0.15) is 11.9 Å². The minimum atomic E-state index is -4.97. The number of aliphatic hydroxyl groups excluding tert-OH is 1. The molecule has 0 aromatic heterocycles. The Bertz CT molecular complexity index is 454. The lowest BCUT2D eigenvalue weighted by Crippen LogP contribution is -2.38. The summed E-state index contributed by atoms with van der Waals surface area (Å²) in [5, 5.41) is 9.75. The topological polar surface area (TPSA) is 46.5 Å². The van der Waals surface area contributed by atoms with Gasteiger partial charge < -0.3 is 9.84 Å². The Hall–Kier alpha value is -1.63. The van der Waals surface area contributed by atoms with E-state index in [1.165, 1.54) is 13.8 Å². The fraction of sp³-hybridized carbons (Fsp3) is 0.462. The molecule has 0 radical (unpaired) electrons. The lowest BCUT2D eigenvalue weighted by Gasteiger charge is -2.25. The van der Waals surface area contributed by atoms with Crippen molar-refractivity contribution in [3.05, 3.63) is 35.6 Å². The van der Waals surface area contributed by atoms with Gasteiger partial charge >= 0.3 is 12.1 Å². The normalized spacial score (nSPS) is 15.0. The number of benzene rings is 1. The molecular formula is C13H14F4O3. The van der Waals surface area contributed by atoms with Gasteiger partial charge in [-0.05, 0) is 31.5 Å². The van der Waals surface area contributed by atoms with Gasteiger partial charge in [0.25, 0.3) is 0 Å². The monoisotopic (exact) mass is 294 g/mol. The summed E-state index contributed by atoms with van der Waals surface area (Å²) >= 11 is 0. The molecule has 0 aliphatic rings. The number of ether oxygens (including phenoxy) is 1. The number of esters is 1. The van der Waals surface area contributed by atoms with Crippen LogP contribution in [0.4, 0.5) is 17.6 Å². The second-order valence-corrected chi connectivity index (χ2v) is 4.50. The van der Waals surface area contributed by atoms with Crippen LogP contribution in [0.3, 0.4) is 0 Å². The van der Waals surface area contributed by atoms with Crippen molar-refractivity contribution < 1.29 is 32.2 Å². The zero-order valence-corrected chi connectivity index (χ0v) is 10.8. The van der Waals surface area contributed by atoms with Crippen LogP contribution in [-0.4, -0.2) is 23.4 Å². The largest absolute Gasteiger partial charge is 0.462 e. The van der Waals surface area contributed by atoms with Gasteiger partial charge in [0.15, 0.2) is 5.92 Å². The zero-order valence-electron chi connectivity index (χ0n) is 10.8. The predicted octanol–water partition coefficient (Wildman–Crippen LogP) is 2.99. The van der Waals surface area contributed by atoms with Crippen LogP contribution in [0.15, 0.2) is 24.3 Å². The fourth-order valence-corrected chi connectivity index (χ4v) is 1.60. The van der Waals surface area contributed by atoms with Crippen molar-refractivity contribution in [3.8, 4) is 0 Å². The van der Waals surface area contributed by atoms with Crippen LogP contribution in [0, 0.1) is 11.7 Å². The Balaban J connectivity index is 3.05. The molecule has 112 valence electrons. The van der Waals surface area contributed by atoms with Gasteiger partial charge in [0.2, 0.25) is 0 Å². The Kier molecular flexibility index (Phi) is 5.10. The summed E-state index contributed by atoms with van der Waals surface area (Å²) in [6.07, 6.45) is -7.87. The van der Waals surface area contributed by atoms with E-state index in [1.807, 2.05) is 0 Å². The molecule has 3 nitrogen and oxygen atoms in total. The van der Waals surface area contributed by atoms with Crippen molar-refractivity contribution in [2.75, 3.05) is 0 Å². The van der Waals surface area contributed by atoms with Crippen LogP contribution in [0.2, 0.25) is 0 Å². The van der Waals surface area contributed by atoms with Crippen molar-refractivity contribution in [1.29, 1.82) is 0 Å². The van der Waals surface area contributed by atoms with E-state index < -0.39 is 36.1 Å². The first-order chi connectivity index (χ1) is 9.12. The maximum Gasteiger partial charge on any atom is 0.405 e. The van der Waals surface area contributed by atoms with Gasteiger partial charge in [-0.25, -0.2) is 4.39 Å². The number of aliphatic hydroxyl groups is 1. The standard InChI is InChI=1S/C13H14F4O3/c1-7(2)20-12(19)10(13(15,16)17)11(18)8-3-5-9(14)6-4-8/h3-7,10-11,18H,1-2H3/t10-,11-/m1/s1. The van der Waals surface area contributed by atoms with Crippen LogP contribution in [-0.2, 0) is 9.53 Å². The van der Waals surface area contributed by atoms with Crippen molar-refractivity contribution in [2.24, 2.45) is 5.92 Å². The van der Waals surface area contributed by atoms with Crippen LogP contribution < -0.4 is 0 Å². The van der Waals surface area contributed by atoms with E-state index in [0.29, 0.717) is 0 Å². The fourth-order valence-electron chi connectivity index (χ4n) is 1.60. The molecule has 0 heterocycles. The Morgan fingerprint density at radius 2 is 1.70 bits per heavy atom. The van der Waals surface area contributed by atoms with Crippen molar-refractivity contribution in [3.63, 3.8) is 0 Å². The third kappa shape index (κ3) is 4.19. The van der Waals surface area contributed by atoms with Gasteiger partial charge in [-0.2, -0.15) is 13.2 Å². The van der Waals surface area contributed by atoms with Crippen LogP contribution in [0.1, 0.15) is 25.5 Å². The molecule has 0 fully saturated rings. The van der Waals surface area contributed by atoms with Gasteiger partial charge in [-0.3, -0.25) is 4.79 Å². The molecule has 0 saturated carbocycles. The van der Waals surface area contributed by atoms with Gasteiger partial charge in [-0.15, -0.1) is 0 Å². The van der Waals surface area contributed by atoms with E-state index in [9.17, 15) is 27.5 Å². The highest BCUT2D eigenvalue weighted by Crippen LogP contribution is 2.37. The summed E-state index contributed by atoms with van der Waals surface area (Å²) in [6, 6.07) is 3.78. The average molecular weight is 294 g/mol. The molecule has 0 spiro atoms. The predicted molar refractivity (Wildman–Crippen MR) is 62.1 cm³/mol. The van der Waals surface area contributed by atoms with Crippen molar-refractivity contribution in [2.45, 2.75) is 32.2 Å². The number of rotatable bonds is 4. The molecule has 0 bridgehead atoms. The minimum absolute atomic E-state index is 0.213. The molecule has 2 atom stereocenters. The van der Waals surface area contributed by atoms with E-state index in [-0.39, 0.29) is 5.56 Å². The SMILES string of the molecule is CC(C)OC(=O)[C@@H]([C@H](O)c1ccc(F)cc1)C(F)(F)F. The zero-order chi connectivity index (χ0) is 15.5. The number of carbonyl (C=O) groups excluding carboxylic acids is 1. The van der Waals surface area contributed by atoms with E-state index in [2.05, 4.69) is 4.74 Å². The van der Waals surface area contributed by atoms with E-state index in [0.717, 1.165) is 24.3 Å². The lowest BCUT2D eigenvalue weighted by molar-refractivity contribution is -0.217. The van der Waals surface area contributed by atoms with E-state index >= 15 is 0 Å². The van der Waals surface area contributed by atoms with Gasteiger partial charge in [0, 0.05) is 0 Å². The summed E-state index contributed by atoms with van der Waals surface area (Å²) < 4.78 is 55.9. The number of hydrogen-bond donors (Lipinski definition) is 1. The summed E-state index contributed by atoms with van der Waals surface area (Å²) in [5.41, 5.74) is -0.213. The Morgan fingerprint density at radius 1 is 1.20 bits per heavy atom. The van der Waals surface area contributed by atoms with Crippen molar-refractivity contribution in [1.82, 2.24) is 0 Å². The highest BCUT2D eigenvalue weighted by atomic mass is 19.4. The number of alkyl halides is 3. The van der Waals surface area contributed by atoms with Crippen LogP contribution in [0.25, 0.3) is 0 Å². The molecule has 1 aromatic rings. The average Bonchev–Trinajstić information content (AvgIpc) is 2.26. The highest BCUT2D eigenvalue weighted by Gasteiger charge is 2.51. The van der Waals surface area contributed by atoms with E-state index in [1.54, 1.807) is 0 Å². The summed E-state index contributed by atoms with van der Waals surface area (Å²) in [5.74, 6) is -4.94. The first kappa shape index (κ1) is 16.4. The second-order valence-electron chi connectivity index (χ2n) is 4.50. The first-order valence-electron chi connectivity index (χ1n) is 5.83. The quantitative estimate of drug-likeness (QED) is 0.686. The maximum atomic E-state index is 12.9. The number of halogens is 4. The van der Waals surface area contributed by atoms with Gasteiger partial charge in [0.05, 0.1) is 6.10 Å². The molecule has 1 aromatic carbocycles. The molecule has 0 aliphatic carbocycles. The smallest absolute Gasteiger partial charge is 0.405 e. The molecule has 0 amide bonds. The number of carbonyl (C=O) groups is 1. The molecule has 0 unspecified atom stereocenters. The van der Waals surface area contributed by atoms with Crippen LogP contribution >= 0.6 is 0 Å². The molecule has 1 N–H and O–H groups in total. The van der Waals surface area contributed by atoms with E-state index in [4.69, 9.17) is 0 Å². The number of hydrogen-bond acceptors (Lipinski definition) is 3. The summed E-state index contributed by atoms with van der Waals surface area (Å²) in [6.45, 7) is 2.80. The molecule has 0 saturated heterocycles. The van der Waals surface area contributed by atoms with Gasteiger partial charge in [-0.1, -0.05) is 12.1 Å². The van der Waals surface area contributed by atoms with Crippen LogP contribution in [0.5, 0.6) is 0 Å². The maximum absolute atomic E-state index is 12.9.